The highest BCUT2D eigenvalue weighted by atomic mass is 28.3. The van der Waals surface area contributed by atoms with Gasteiger partial charge in [0, 0.05) is 50.9 Å². The maximum Gasteiger partial charge on any atom is 0.251 e. The number of hydrogen-bond donors (Lipinski definition) is 0. The predicted molar refractivity (Wildman–Crippen MR) is 299 cm³/mol. The molecule has 6 aromatic carbocycles. The second kappa shape index (κ2) is 14.2. The molecule has 1 saturated carbocycles. The Morgan fingerprint density at radius 1 is 0.507 bits per heavy atom. The number of anilines is 8. The maximum atomic E-state index is 2.84. The van der Waals surface area contributed by atoms with Gasteiger partial charge in [-0.05, 0) is 129 Å². The molecular formula is C61H74BN3Si2. The Labute approximate surface area is 406 Å². The van der Waals surface area contributed by atoms with E-state index in [4.69, 9.17) is 0 Å². The van der Waals surface area contributed by atoms with Crippen LogP contribution < -0.4 is 46.6 Å². The number of benzene rings is 6. The summed E-state index contributed by atoms with van der Waals surface area (Å²) in [4.78, 5) is 8.28. The van der Waals surface area contributed by atoms with Crippen LogP contribution in [-0.4, -0.2) is 28.4 Å². The van der Waals surface area contributed by atoms with E-state index in [9.17, 15) is 0 Å². The molecule has 2 atom stereocenters. The Balaban J connectivity index is 1.28. The highest BCUT2D eigenvalue weighted by molar-refractivity contribution is 7.16. The van der Waals surface area contributed by atoms with Crippen molar-refractivity contribution in [1.29, 1.82) is 0 Å². The van der Waals surface area contributed by atoms with Crippen molar-refractivity contribution in [2.75, 3.05) is 14.7 Å². The molecule has 344 valence electrons. The van der Waals surface area contributed by atoms with Gasteiger partial charge >= 0.3 is 0 Å². The van der Waals surface area contributed by atoms with Crippen LogP contribution in [0.4, 0.5) is 45.5 Å². The van der Waals surface area contributed by atoms with Crippen molar-refractivity contribution in [3.8, 4) is 0 Å². The fourth-order valence-electron chi connectivity index (χ4n) is 13.3. The van der Waals surface area contributed by atoms with Gasteiger partial charge in [-0.15, -0.1) is 0 Å². The first-order valence-corrected chi connectivity index (χ1v) is 32.0. The van der Waals surface area contributed by atoms with Crippen LogP contribution in [0.15, 0.2) is 109 Å². The molecule has 3 nitrogen and oxygen atoms in total. The summed E-state index contributed by atoms with van der Waals surface area (Å²) in [5.41, 5.74) is 20.7. The zero-order chi connectivity index (χ0) is 47.8. The average Bonchev–Trinajstić information content (AvgIpc) is 3.46. The lowest BCUT2D eigenvalue weighted by Crippen LogP contribution is -2.79. The maximum absolute atomic E-state index is 2.84. The van der Waals surface area contributed by atoms with Crippen molar-refractivity contribution < 1.29 is 0 Å². The van der Waals surface area contributed by atoms with Crippen LogP contribution in [-0.2, 0) is 21.7 Å². The van der Waals surface area contributed by atoms with Crippen molar-refractivity contribution in [2.45, 2.75) is 162 Å². The van der Waals surface area contributed by atoms with E-state index in [1.807, 2.05) is 0 Å². The fourth-order valence-corrected chi connectivity index (χ4v) is 17.7. The number of nitrogens with zero attached hydrogens (tertiary/aromatic N) is 3. The van der Waals surface area contributed by atoms with Crippen LogP contribution in [0.2, 0.25) is 32.7 Å². The summed E-state index contributed by atoms with van der Waals surface area (Å²) in [5, 5.41) is 4.65. The molecule has 2 unspecified atom stereocenters. The van der Waals surface area contributed by atoms with Crippen molar-refractivity contribution >= 4 is 100 Å². The second-order valence-corrected chi connectivity index (χ2v) is 35.7. The van der Waals surface area contributed by atoms with E-state index >= 15 is 0 Å². The van der Waals surface area contributed by atoms with Crippen LogP contribution in [0.3, 0.4) is 0 Å². The van der Waals surface area contributed by atoms with Crippen LogP contribution in [0.1, 0.15) is 124 Å². The first kappa shape index (κ1) is 44.7. The molecule has 0 N–H and O–H groups in total. The van der Waals surface area contributed by atoms with Gasteiger partial charge in [0.25, 0.3) is 6.71 Å². The Morgan fingerprint density at radius 2 is 1.03 bits per heavy atom. The number of fused-ring (bicyclic) bond motifs is 3. The summed E-state index contributed by atoms with van der Waals surface area (Å²) >= 11 is 0. The third-order valence-corrected chi connectivity index (χ3v) is 23.2. The lowest BCUT2D eigenvalue weighted by molar-refractivity contribution is 0.195. The number of rotatable bonds is 4. The van der Waals surface area contributed by atoms with Crippen LogP contribution in [0.25, 0.3) is 0 Å². The van der Waals surface area contributed by atoms with E-state index in [1.165, 1.54) is 109 Å². The molecule has 6 heteroatoms. The van der Waals surface area contributed by atoms with Gasteiger partial charge < -0.3 is 14.7 Å². The molecule has 0 radical (unpaired) electrons. The highest BCUT2D eigenvalue weighted by Gasteiger charge is 2.59. The normalized spacial score (nSPS) is 21.3. The van der Waals surface area contributed by atoms with Gasteiger partial charge in [-0.2, -0.15) is 0 Å². The molecule has 11 rings (SSSR count). The minimum absolute atomic E-state index is 0.00621. The summed E-state index contributed by atoms with van der Waals surface area (Å²) in [6.07, 6.45) is 4.86. The van der Waals surface area contributed by atoms with Gasteiger partial charge in [0.05, 0.1) is 13.6 Å². The largest absolute Gasteiger partial charge is 0.334 e. The predicted octanol–water partition coefficient (Wildman–Crippen LogP) is 13.1. The molecule has 0 saturated heterocycles. The summed E-state index contributed by atoms with van der Waals surface area (Å²) in [6.45, 7) is 39.4. The minimum Gasteiger partial charge on any atom is -0.334 e. The zero-order valence-electron chi connectivity index (χ0n) is 43.6. The summed E-state index contributed by atoms with van der Waals surface area (Å²) in [7, 11) is -3.72. The Bertz CT molecular complexity index is 3020. The van der Waals surface area contributed by atoms with Crippen LogP contribution >= 0.6 is 0 Å². The molecule has 0 spiro atoms. The average molecular weight is 916 g/mol. The molecule has 1 aliphatic carbocycles. The van der Waals surface area contributed by atoms with Crippen molar-refractivity contribution in [2.24, 2.45) is 0 Å². The van der Waals surface area contributed by atoms with E-state index < -0.39 is 16.1 Å². The molecule has 4 aliphatic heterocycles. The highest BCUT2D eigenvalue weighted by Crippen LogP contribution is 2.62. The molecule has 67 heavy (non-hydrogen) atoms. The van der Waals surface area contributed by atoms with Gasteiger partial charge in [0.2, 0.25) is 0 Å². The Hall–Kier alpha value is -4.78. The third-order valence-electron chi connectivity index (χ3n) is 17.6. The zero-order valence-corrected chi connectivity index (χ0v) is 45.6. The Kier molecular flexibility index (Phi) is 9.45. The molecule has 5 aliphatic rings. The third kappa shape index (κ3) is 6.33. The standard InChI is InChI=1S/C61H74BN3Si2/c1-57(2,3)39-25-30-47-46(36-39)60(10)31-17-18-32-61(60,11)65(47)44-37-50-54-51(38-44)64(43-34-40(58(4,5)6)33-41(35-43)59(7,8)9)49-22-20-24-53-56(49)62(54)55-48(21-19-23-52(55)67(53,15)16)63(50)42-26-28-45(29-27-42)66(12,13)14/h19-30,33-38H,17-18,31-32H2,1-16H3. The molecule has 4 heterocycles. The summed E-state index contributed by atoms with van der Waals surface area (Å²) < 4.78 is 0. The SMILES string of the molecule is CC(C)(C)c1cc(N2c3cc(N4c5ccc(C(C)(C)C)cc5C5(C)CCCCC45C)cc4c3B3c5c(cccc5[Si](C)(C)c5cccc2c53)N4c2ccc([Si](C)(C)C)cc2)cc(C(C)(C)C)c1. The smallest absolute Gasteiger partial charge is 0.251 e. The molecule has 1 fully saturated rings. The molecular weight excluding hydrogens is 842 g/mol. The van der Waals surface area contributed by atoms with Gasteiger partial charge in [0.15, 0.2) is 0 Å². The van der Waals surface area contributed by atoms with Crippen LogP contribution in [0, 0.1) is 0 Å². The van der Waals surface area contributed by atoms with E-state index in [1.54, 1.807) is 10.4 Å². The quantitative estimate of drug-likeness (QED) is 0.163. The monoisotopic (exact) mass is 916 g/mol. The van der Waals surface area contributed by atoms with E-state index in [2.05, 4.69) is 233 Å². The van der Waals surface area contributed by atoms with E-state index in [0.29, 0.717) is 0 Å². The van der Waals surface area contributed by atoms with E-state index in [-0.39, 0.29) is 33.9 Å². The van der Waals surface area contributed by atoms with E-state index in [0.717, 1.165) is 6.42 Å². The van der Waals surface area contributed by atoms with Crippen molar-refractivity contribution in [1.82, 2.24) is 0 Å². The molecule has 0 aromatic heterocycles. The topological polar surface area (TPSA) is 9.72 Å². The molecule has 0 amide bonds. The Morgan fingerprint density at radius 3 is 1.55 bits per heavy atom. The van der Waals surface area contributed by atoms with Gasteiger partial charge in [-0.1, -0.05) is 185 Å². The lowest BCUT2D eigenvalue weighted by atomic mass is 9.33. The summed E-state index contributed by atoms with van der Waals surface area (Å²) in [6, 6.07) is 44.8. The first-order valence-electron chi connectivity index (χ1n) is 25.5. The van der Waals surface area contributed by atoms with Gasteiger partial charge in [-0.3, -0.25) is 0 Å². The molecule has 6 aromatic rings. The number of hydrogen-bond acceptors (Lipinski definition) is 3. The fraction of sp³-hybridized carbons (Fsp3) is 0.410. The minimum atomic E-state index is -2.17. The summed E-state index contributed by atoms with van der Waals surface area (Å²) in [5.74, 6) is 0. The second-order valence-electron chi connectivity index (χ2n) is 26.3. The van der Waals surface area contributed by atoms with Gasteiger partial charge in [-0.25, -0.2) is 0 Å². The molecule has 0 bridgehead atoms. The van der Waals surface area contributed by atoms with Crippen molar-refractivity contribution in [3.05, 3.63) is 131 Å². The van der Waals surface area contributed by atoms with Gasteiger partial charge in [0.1, 0.15) is 8.07 Å². The van der Waals surface area contributed by atoms with Crippen molar-refractivity contribution in [3.63, 3.8) is 0 Å². The first-order chi connectivity index (χ1) is 31.2. The van der Waals surface area contributed by atoms with Crippen LogP contribution in [0.5, 0.6) is 0 Å². The lowest BCUT2D eigenvalue weighted by Gasteiger charge is -2.52.